The Bertz CT molecular complexity index is 326. The summed E-state index contributed by atoms with van der Waals surface area (Å²) in [5, 5.41) is 0. The first-order chi connectivity index (χ1) is 7.69. The molecule has 1 aromatic rings. The quantitative estimate of drug-likeness (QED) is 0.869. The molecule has 0 aliphatic rings. The normalized spacial score (nSPS) is 10.5. The number of rotatable bonds is 6. The van der Waals surface area contributed by atoms with Crippen LogP contribution in [0, 0.1) is 0 Å². The van der Waals surface area contributed by atoms with Gasteiger partial charge in [0.15, 0.2) is 0 Å². The molecule has 0 heterocycles. The van der Waals surface area contributed by atoms with Crippen molar-refractivity contribution in [2.75, 3.05) is 25.0 Å². The van der Waals surface area contributed by atoms with E-state index in [2.05, 4.69) is 53.0 Å². The summed E-state index contributed by atoms with van der Waals surface area (Å²) >= 11 is 3.51. The van der Waals surface area contributed by atoms with Crippen molar-refractivity contribution in [2.45, 2.75) is 26.2 Å². The topological polar surface area (TPSA) is 29.3 Å². The van der Waals surface area contributed by atoms with E-state index in [-0.39, 0.29) is 0 Å². The second kappa shape index (κ2) is 6.92. The van der Waals surface area contributed by atoms with Crippen molar-refractivity contribution < 1.29 is 0 Å². The minimum atomic E-state index is 0.699. The highest BCUT2D eigenvalue weighted by Gasteiger charge is 2.07. The first-order valence-corrected chi connectivity index (χ1v) is 6.68. The summed E-state index contributed by atoms with van der Waals surface area (Å²) in [4.78, 5) is 2.32. The first kappa shape index (κ1) is 13.5. The zero-order chi connectivity index (χ0) is 12.0. The number of nitrogens with zero attached hydrogens (tertiary/aromatic N) is 1. The molecule has 1 rings (SSSR count). The smallest absolute Gasteiger partial charge is 0.0397 e. The molecule has 0 saturated carbocycles. The van der Waals surface area contributed by atoms with Gasteiger partial charge in [-0.2, -0.15) is 0 Å². The molecule has 2 nitrogen and oxygen atoms in total. The van der Waals surface area contributed by atoms with Crippen molar-refractivity contribution >= 4 is 21.6 Å². The maximum absolute atomic E-state index is 5.65. The molecule has 0 aliphatic heterocycles. The Kier molecular flexibility index (Phi) is 5.85. The Morgan fingerprint density at radius 2 is 2.12 bits per heavy atom. The van der Waals surface area contributed by atoms with E-state index in [9.17, 15) is 0 Å². The van der Waals surface area contributed by atoms with Gasteiger partial charge in [-0.05, 0) is 43.1 Å². The highest BCUT2D eigenvalue weighted by atomic mass is 79.9. The molecule has 0 radical (unpaired) electrons. The van der Waals surface area contributed by atoms with Gasteiger partial charge in [0, 0.05) is 23.8 Å². The van der Waals surface area contributed by atoms with E-state index in [0.29, 0.717) is 6.54 Å². The Balaban J connectivity index is 2.84. The van der Waals surface area contributed by atoms with Crippen molar-refractivity contribution in [3.05, 3.63) is 28.2 Å². The Hall–Kier alpha value is -0.540. The number of nitrogens with two attached hydrogens (primary N) is 1. The molecular weight excluding hydrogens is 264 g/mol. The van der Waals surface area contributed by atoms with Gasteiger partial charge in [-0.15, -0.1) is 0 Å². The van der Waals surface area contributed by atoms with Gasteiger partial charge in [-0.1, -0.05) is 29.3 Å². The van der Waals surface area contributed by atoms with Gasteiger partial charge < -0.3 is 10.6 Å². The predicted molar refractivity (Wildman–Crippen MR) is 75.1 cm³/mol. The second-order valence-corrected chi connectivity index (χ2v) is 5.00. The summed E-state index contributed by atoms with van der Waals surface area (Å²) in [5.41, 5.74) is 8.28. The average molecular weight is 285 g/mol. The third-order valence-electron chi connectivity index (χ3n) is 2.71. The van der Waals surface area contributed by atoms with E-state index < -0.39 is 0 Å². The SMILES string of the molecule is CCCCN(C)c1ccc(Br)cc1CCN. The Morgan fingerprint density at radius 3 is 2.75 bits per heavy atom. The van der Waals surface area contributed by atoms with Crippen LogP contribution in [0.1, 0.15) is 25.3 Å². The number of benzene rings is 1. The van der Waals surface area contributed by atoms with E-state index in [0.717, 1.165) is 17.4 Å². The summed E-state index contributed by atoms with van der Waals surface area (Å²) in [6.07, 6.45) is 3.40. The molecule has 0 fully saturated rings. The molecule has 0 amide bonds. The van der Waals surface area contributed by atoms with E-state index in [1.165, 1.54) is 24.1 Å². The van der Waals surface area contributed by atoms with Gasteiger partial charge in [0.1, 0.15) is 0 Å². The summed E-state index contributed by atoms with van der Waals surface area (Å²) < 4.78 is 1.13. The van der Waals surface area contributed by atoms with Crippen LogP contribution in [-0.2, 0) is 6.42 Å². The monoisotopic (exact) mass is 284 g/mol. The van der Waals surface area contributed by atoms with Crippen LogP contribution in [0.4, 0.5) is 5.69 Å². The van der Waals surface area contributed by atoms with Crippen LogP contribution >= 0.6 is 15.9 Å². The second-order valence-electron chi connectivity index (χ2n) is 4.09. The van der Waals surface area contributed by atoms with Gasteiger partial charge in [0.05, 0.1) is 0 Å². The standard InChI is InChI=1S/C13H21BrN2/c1-3-4-9-16(2)13-6-5-12(14)10-11(13)7-8-15/h5-6,10H,3-4,7-9,15H2,1-2H3. The van der Waals surface area contributed by atoms with Crippen LogP contribution < -0.4 is 10.6 Å². The average Bonchev–Trinajstić information content (AvgIpc) is 2.26. The highest BCUT2D eigenvalue weighted by Crippen LogP contribution is 2.24. The fraction of sp³-hybridized carbons (Fsp3) is 0.538. The lowest BCUT2D eigenvalue weighted by atomic mass is 10.1. The van der Waals surface area contributed by atoms with E-state index >= 15 is 0 Å². The van der Waals surface area contributed by atoms with Gasteiger partial charge >= 0.3 is 0 Å². The number of hydrogen-bond donors (Lipinski definition) is 1. The van der Waals surface area contributed by atoms with Crippen LogP contribution in [0.25, 0.3) is 0 Å². The lowest BCUT2D eigenvalue weighted by molar-refractivity contribution is 0.762. The fourth-order valence-electron chi connectivity index (χ4n) is 1.80. The molecule has 0 aliphatic carbocycles. The molecule has 0 bridgehead atoms. The van der Waals surface area contributed by atoms with E-state index in [1.54, 1.807) is 0 Å². The number of halogens is 1. The van der Waals surface area contributed by atoms with Crippen molar-refractivity contribution in [2.24, 2.45) is 5.73 Å². The van der Waals surface area contributed by atoms with Crippen LogP contribution in [0.5, 0.6) is 0 Å². The molecule has 16 heavy (non-hydrogen) atoms. The van der Waals surface area contributed by atoms with Gasteiger partial charge in [0.2, 0.25) is 0 Å². The van der Waals surface area contributed by atoms with Crippen LogP contribution in [-0.4, -0.2) is 20.1 Å². The maximum Gasteiger partial charge on any atom is 0.0397 e. The zero-order valence-electron chi connectivity index (χ0n) is 10.2. The molecular formula is C13H21BrN2. The van der Waals surface area contributed by atoms with Crippen LogP contribution in [0.3, 0.4) is 0 Å². The summed E-state index contributed by atoms with van der Waals surface area (Å²) in [5.74, 6) is 0. The van der Waals surface area contributed by atoms with Crippen LogP contribution in [0.15, 0.2) is 22.7 Å². The predicted octanol–water partition coefficient (Wildman–Crippen LogP) is 3.19. The number of hydrogen-bond acceptors (Lipinski definition) is 2. The van der Waals surface area contributed by atoms with Crippen molar-refractivity contribution in [3.8, 4) is 0 Å². The van der Waals surface area contributed by atoms with Gasteiger partial charge in [-0.25, -0.2) is 0 Å². The molecule has 0 aromatic heterocycles. The van der Waals surface area contributed by atoms with Gasteiger partial charge in [-0.3, -0.25) is 0 Å². The van der Waals surface area contributed by atoms with Crippen molar-refractivity contribution in [3.63, 3.8) is 0 Å². The fourth-order valence-corrected chi connectivity index (χ4v) is 2.21. The molecule has 90 valence electrons. The lowest BCUT2D eigenvalue weighted by Crippen LogP contribution is -2.20. The van der Waals surface area contributed by atoms with E-state index in [4.69, 9.17) is 5.73 Å². The number of unbranched alkanes of at least 4 members (excludes halogenated alkanes) is 1. The summed E-state index contributed by atoms with van der Waals surface area (Å²) in [7, 11) is 2.15. The Labute approximate surface area is 107 Å². The molecule has 3 heteroatoms. The summed E-state index contributed by atoms with van der Waals surface area (Å²) in [6.45, 7) is 4.02. The first-order valence-electron chi connectivity index (χ1n) is 5.88. The lowest BCUT2D eigenvalue weighted by Gasteiger charge is -2.22. The van der Waals surface area contributed by atoms with Crippen molar-refractivity contribution in [1.29, 1.82) is 0 Å². The highest BCUT2D eigenvalue weighted by molar-refractivity contribution is 9.10. The molecule has 1 aromatic carbocycles. The Morgan fingerprint density at radius 1 is 1.38 bits per heavy atom. The van der Waals surface area contributed by atoms with E-state index in [1.807, 2.05) is 0 Å². The third kappa shape index (κ3) is 3.80. The minimum Gasteiger partial charge on any atom is -0.374 e. The zero-order valence-corrected chi connectivity index (χ0v) is 11.8. The van der Waals surface area contributed by atoms with Crippen molar-refractivity contribution in [1.82, 2.24) is 0 Å². The molecule has 0 atom stereocenters. The van der Waals surface area contributed by atoms with Crippen LogP contribution in [0.2, 0.25) is 0 Å². The third-order valence-corrected chi connectivity index (χ3v) is 3.21. The summed E-state index contributed by atoms with van der Waals surface area (Å²) in [6, 6.07) is 6.44. The molecule has 0 unspecified atom stereocenters. The molecule has 0 saturated heterocycles. The molecule has 0 spiro atoms. The number of anilines is 1. The van der Waals surface area contributed by atoms with Gasteiger partial charge in [0.25, 0.3) is 0 Å². The maximum atomic E-state index is 5.65. The molecule has 2 N–H and O–H groups in total. The largest absolute Gasteiger partial charge is 0.374 e. The minimum absolute atomic E-state index is 0.699.